The molecule has 13 heavy (non-hydrogen) atoms. The summed E-state index contributed by atoms with van der Waals surface area (Å²) < 4.78 is 4.45. The zero-order chi connectivity index (χ0) is 8.69. The van der Waals surface area contributed by atoms with Crippen LogP contribution in [-0.4, -0.2) is 49.7 Å². The van der Waals surface area contributed by atoms with E-state index in [-0.39, 0.29) is 71.6 Å². The topological polar surface area (TPSA) is 43.4 Å². The summed E-state index contributed by atoms with van der Waals surface area (Å²) in [5.41, 5.74) is 0. The molecule has 0 rings (SSSR count). The molecule has 5 heteroatoms. The number of esters is 2. The molecule has 0 heterocycles. The van der Waals surface area contributed by atoms with E-state index < -0.39 is 11.9 Å². The normalized spacial score (nSPS) is 7.85. The van der Waals surface area contributed by atoms with Gasteiger partial charge in [-0.3, -0.25) is 9.59 Å². The van der Waals surface area contributed by atoms with Crippen molar-refractivity contribution in [1.82, 2.24) is 0 Å². The van der Waals surface area contributed by atoms with Crippen LogP contribution in [0.5, 0.6) is 0 Å². The first-order valence-electron chi connectivity index (χ1n) is 3.94. The Hall–Kier alpha value is 1.40. The maximum atomic E-state index is 10.7. The number of hydrogen-bond donors (Lipinski definition) is 0. The van der Waals surface area contributed by atoms with Crippen LogP contribution >= 0.6 is 0 Å². The second-order valence-corrected chi connectivity index (χ2v) is 2.35. The van der Waals surface area contributed by atoms with Crippen LogP contribution in [0.3, 0.4) is 0 Å². The summed E-state index contributed by atoms with van der Waals surface area (Å²) in [7, 11) is 0. The van der Waals surface area contributed by atoms with Crippen molar-refractivity contribution >= 4 is 49.7 Å². The number of hydrogen-bond acceptors (Lipinski definition) is 3. The Bertz CT molecular complexity index is 145. The summed E-state index contributed by atoms with van der Waals surface area (Å²) in [5.74, 6) is -0.822. The minimum atomic E-state index is -0.411. The standard InChI is InChI=1S/C8H14O3.Ca.Na.3H/c1-3-5-7(9)11-8(10)6-4-2;;;;;/h3-6H2,1-2H3;;;;;/q;+2;+1;3*-1. The number of rotatable bonds is 4. The van der Waals surface area contributed by atoms with Gasteiger partial charge in [-0.15, -0.1) is 0 Å². The molecular weight excluding hydrogens is 207 g/mol. The molecule has 0 radical (unpaired) electrons. The summed E-state index contributed by atoms with van der Waals surface area (Å²) in [6.45, 7) is 3.73. The van der Waals surface area contributed by atoms with Crippen molar-refractivity contribution in [3.8, 4) is 0 Å². The molecule has 0 atom stereocenters. The molecule has 0 fully saturated rings. The Morgan fingerprint density at radius 3 is 1.62 bits per heavy atom. The van der Waals surface area contributed by atoms with Gasteiger partial charge in [0.25, 0.3) is 0 Å². The fraction of sp³-hybridized carbons (Fsp3) is 0.750. The van der Waals surface area contributed by atoms with Crippen molar-refractivity contribution in [1.29, 1.82) is 0 Å². The monoisotopic (exact) mass is 224 g/mol. The Morgan fingerprint density at radius 2 is 1.38 bits per heavy atom. The zero-order valence-electron chi connectivity index (χ0n) is 11.8. The molecule has 70 valence electrons. The molecule has 0 aliphatic heterocycles. The number of carbonyl (C=O) groups excluding carboxylic acids is 2. The molecule has 0 aliphatic rings. The van der Waals surface area contributed by atoms with Crippen LogP contribution in [0.15, 0.2) is 0 Å². The smallest absolute Gasteiger partial charge is 1.00 e. The SMILES string of the molecule is CCCC(=O)OC(=O)CCC.[Ca+2].[H-].[H-].[H-].[Na+]. The first kappa shape index (κ1) is 19.9. The van der Waals surface area contributed by atoms with E-state index in [4.69, 9.17) is 0 Å². The third-order valence-electron chi connectivity index (χ3n) is 1.14. The van der Waals surface area contributed by atoms with Gasteiger partial charge >= 0.3 is 79.2 Å². The Kier molecular flexibility index (Phi) is 20.5. The van der Waals surface area contributed by atoms with E-state index >= 15 is 0 Å². The van der Waals surface area contributed by atoms with E-state index in [2.05, 4.69) is 4.74 Å². The Morgan fingerprint density at radius 1 is 1.08 bits per heavy atom. The van der Waals surface area contributed by atoms with Crippen molar-refractivity contribution in [3.05, 3.63) is 0 Å². The molecule has 0 bridgehead atoms. The molecule has 3 nitrogen and oxygen atoms in total. The van der Waals surface area contributed by atoms with Crippen LogP contribution in [0.25, 0.3) is 0 Å². The molecule has 0 unspecified atom stereocenters. The average Bonchev–Trinajstić information content (AvgIpc) is 1.87. The fourth-order valence-corrected chi connectivity index (χ4v) is 0.637. The van der Waals surface area contributed by atoms with Crippen LogP contribution in [0.4, 0.5) is 0 Å². The van der Waals surface area contributed by atoms with Gasteiger partial charge in [0.1, 0.15) is 0 Å². The minimum Gasteiger partial charge on any atom is -1.00 e. The molecular formula is C8H17CaNaO3. The van der Waals surface area contributed by atoms with Gasteiger partial charge in [-0.25, -0.2) is 0 Å². The summed E-state index contributed by atoms with van der Waals surface area (Å²) in [6.07, 6.45) is 2.10. The third-order valence-corrected chi connectivity index (χ3v) is 1.14. The van der Waals surface area contributed by atoms with Crippen molar-refractivity contribution in [2.45, 2.75) is 39.5 Å². The summed E-state index contributed by atoms with van der Waals surface area (Å²) >= 11 is 0. The molecule has 0 aromatic carbocycles. The molecule has 0 saturated heterocycles. The van der Waals surface area contributed by atoms with Gasteiger partial charge in [-0.1, -0.05) is 13.8 Å². The van der Waals surface area contributed by atoms with Crippen molar-refractivity contribution in [2.75, 3.05) is 0 Å². The van der Waals surface area contributed by atoms with Gasteiger partial charge in [0.15, 0.2) is 0 Å². The van der Waals surface area contributed by atoms with Crippen molar-refractivity contribution in [2.24, 2.45) is 0 Å². The maximum absolute atomic E-state index is 10.7. The van der Waals surface area contributed by atoms with Crippen LogP contribution in [0.1, 0.15) is 43.8 Å². The summed E-state index contributed by atoms with van der Waals surface area (Å²) in [4.78, 5) is 21.4. The van der Waals surface area contributed by atoms with Crippen molar-refractivity contribution in [3.63, 3.8) is 0 Å². The van der Waals surface area contributed by atoms with Gasteiger partial charge in [-0.2, -0.15) is 0 Å². The largest absolute Gasteiger partial charge is 2.00 e. The predicted molar refractivity (Wildman–Crippen MR) is 50.0 cm³/mol. The fourth-order valence-electron chi connectivity index (χ4n) is 0.637. The van der Waals surface area contributed by atoms with Gasteiger partial charge in [0.05, 0.1) is 0 Å². The first-order valence-corrected chi connectivity index (χ1v) is 3.94. The van der Waals surface area contributed by atoms with E-state index in [0.29, 0.717) is 12.8 Å². The third kappa shape index (κ3) is 13.4. The average molecular weight is 224 g/mol. The molecule has 0 amide bonds. The number of ether oxygens (including phenoxy) is 1. The Balaban J connectivity index is -0.0000000500. The summed E-state index contributed by atoms with van der Waals surface area (Å²) in [6, 6.07) is 0. The maximum Gasteiger partial charge on any atom is 2.00 e. The van der Waals surface area contributed by atoms with Gasteiger partial charge in [0.2, 0.25) is 0 Å². The van der Waals surface area contributed by atoms with E-state index in [1.165, 1.54) is 0 Å². The first-order chi connectivity index (χ1) is 5.20. The van der Waals surface area contributed by atoms with Gasteiger partial charge in [0, 0.05) is 12.8 Å². The minimum absolute atomic E-state index is 0. The van der Waals surface area contributed by atoms with Gasteiger partial charge in [-0.05, 0) is 12.8 Å². The quantitative estimate of drug-likeness (QED) is 0.336. The predicted octanol–water partition coefficient (Wildman–Crippen LogP) is -1.38. The van der Waals surface area contributed by atoms with E-state index in [1.54, 1.807) is 0 Å². The summed E-state index contributed by atoms with van der Waals surface area (Å²) in [5, 5.41) is 0. The zero-order valence-corrected chi connectivity index (χ0v) is 13.0. The van der Waals surface area contributed by atoms with E-state index in [0.717, 1.165) is 12.8 Å². The molecule has 0 saturated carbocycles. The molecule has 0 aromatic heterocycles. The van der Waals surface area contributed by atoms with Crippen LogP contribution in [-0.2, 0) is 14.3 Å². The second-order valence-electron chi connectivity index (χ2n) is 2.35. The molecule has 0 spiro atoms. The molecule has 0 N–H and O–H groups in total. The van der Waals surface area contributed by atoms with Crippen LogP contribution in [0, 0.1) is 0 Å². The van der Waals surface area contributed by atoms with Gasteiger partial charge < -0.3 is 9.02 Å². The molecule has 0 aliphatic carbocycles. The van der Waals surface area contributed by atoms with E-state index in [9.17, 15) is 9.59 Å². The Labute approximate surface area is 136 Å². The number of carbonyl (C=O) groups is 2. The van der Waals surface area contributed by atoms with Crippen LogP contribution < -0.4 is 29.6 Å². The molecule has 0 aromatic rings. The van der Waals surface area contributed by atoms with E-state index in [1.807, 2.05) is 13.8 Å². The van der Waals surface area contributed by atoms with Crippen LogP contribution in [0.2, 0.25) is 0 Å². The second kappa shape index (κ2) is 13.4. The van der Waals surface area contributed by atoms with Crippen molar-refractivity contribution < 1.29 is 48.2 Å².